The van der Waals surface area contributed by atoms with Crippen molar-refractivity contribution >= 4 is 61.7 Å². The molecular weight excluding hydrogens is 428 g/mol. The number of nitrogens with zero attached hydrogens (tertiary/aromatic N) is 4. The van der Waals surface area contributed by atoms with E-state index in [1.165, 1.54) is 22.2 Å². The molecule has 6 nitrogen and oxygen atoms in total. The van der Waals surface area contributed by atoms with Crippen LogP contribution in [-0.2, 0) is 11.3 Å². The van der Waals surface area contributed by atoms with Crippen molar-refractivity contribution in [2.24, 2.45) is 4.99 Å². The molecule has 2 aromatic heterocycles. The molecule has 4 rings (SSSR count). The van der Waals surface area contributed by atoms with Gasteiger partial charge in [-0.15, -0.1) is 11.3 Å². The summed E-state index contributed by atoms with van der Waals surface area (Å²) in [7, 11) is 0. The SMILES string of the molecule is Cc1ccc(N=C2SCCCN2C(=O)CCn2cnc3sccc3c2=O)cc1Cl. The van der Waals surface area contributed by atoms with Crippen LogP contribution in [-0.4, -0.2) is 37.8 Å². The Labute approximate surface area is 181 Å². The third kappa shape index (κ3) is 4.39. The molecule has 1 aliphatic heterocycles. The number of amidine groups is 1. The van der Waals surface area contributed by atoms with Crippen LogP contribution in [0.5, 0.6) is 0 Å². The van der Waals surface area contributed by atoms with E-state index in [1.807, 2.05) is 30.5 Å². The van der Waals surface area contributed by atoms with Gasteiger partial charge in [0.1, 0.15) is 4.83 Å². The summed E-state index contributed by atoms with van der Waals surface area (Å²) in [6, 6.07) is 7.39. The van der Waals surface area contributed by atoms with Crippen molar-refractivity contribution < 1.29 is 4.79 Å². The molecular formula is C20H19ClN4O2S2. The number of halogens is 1. The predicted octanol–water partition coefficient (Wildman–Crippen LogP) is 4.46. The van der Waals surface area contributed by atoms with Crippen molar-refractivity contribution in [3.05, 3.63) is 56.9 Å². The molecule has 0 spiro atoms. The molecule has 0 aliphatic carbocycles. The Kier molecular flexibility index (Phi) is 6.03. The van der Waals surface area contributed by atoms with Crippen molar-refractivity contribution in [2.75, 3.05) is 12.3 Å². The van der Waals surface area contributed by atoms with Crippen molar-refractivity contribution in [2.45, 2.75) is 26.3 Å². The molecule has 9 heteroatoms. The quantitative estimate of drug-likeness (QED) is 0.593. The van der Waals surface area contributed by atoms with Gasteiger partial charge in [-0.3, -0.25) is 19.1 Å². The van der Waals surface area contributed by atoms with Crippen LogP contribution in [0.1, 0.15) is 18.4 Å². The number of aromatic nitrogens is 2. The zero-order valence-corrected chi connectivity index (χ0v) is 18.2. The Hall–Kier alpha value is -2.16. The highest BCUT2D eigenvalue weighted by Gasteiger charge is 2.23. The highest BCUT2D eigenvalue weighted by molar-refractivity contribution is 8.13. The van der Waals surface area contributed by atoms with Gasteiger partial charge in [0, 0.05) is 30.3 Å². The lowest BCUT2D eigenvalue weighted by molar-refractivity contribution is -0.127. The third-order valence-electron chi connectivity index (χ3n) is 4.69. The molecule has 0 N–H and O–H groups in total. The lowest BCUT2D eigenvalue weighted by Gasteiger charge is -2.28. The van der Waals surface area contributed by atoms with Crippen molar-refractivity contribution in [3.63, 3.8) is 0 Å². The maximum absolute atomic E-state index is 12.9. The molecule has 3 aromatic rings. The van der Waals surface area contributed by atoms with Crippen molar-refractivity contribution in [3.8, 4) is 0 Å². The van der Waals surface area contributed by atoms with Gasteiger partial charge < -0.3 is 0 Å². The molecule has 0 atom stereocenters. The van der Waals surface area contributed by atoms with E-state index in [4.69, 9.17) is 11.6 Å². The minimum absolute atomic E-state index is 0.0496. The van der Waals surface area contributed by atoms with Gasteiger partial charge in [-0.1, -0.05) is 29.4 Å². The van der Waals surface area contributed by atoms with Gasteiger partial charge in [0.05, 0.1) is 17.4 Å². The Morgan fingerprint density at radius 2 is 2.21 bits per heavy atom. The van der Waals surface area contributed by atoms with E-state index in [0.717, 1.165) is 28.3 Å². The maximum Gasteiger partial charge on any atom is 0.262 e. The first kappa shape index (κ1) is 20.1. The number of aryl methyl sites for hydroxylation is 2. The highest BCUT2D eigenvalue weighted by atomic mass is 35.5. The van der Waals surface area contributed by atoms with Crippen LogP contribution in [0.2, 0.25) is 5.02 Å². The fraction of sp³-hybridized carbons (Fsp3) is 0.300. The van der Waals surface area contributed by atoms with Gasteiger partial charge in [0.15, 0.2) is 5.17 Å². The summed E-state index contributed by atoms with van der Waals surface area (Å²) in [4.78, 5) is 36.8. The number of fused-ring (bicyclic) bond motifs is 1. The molecule has 0 bridgehead atoms. The van der Waals surface area contributed by atoms with E-state index in [1.54, 1.807) is 22.7 Å². The molecule has 1 aromatic carbocycles. The van der Waals surface area contributed by atoms with E-state index >= 15 is 0 Å². The number of thioether (sulfide) groups is 1. The average Bonchev–Trinajstić information content (AvgIpc) is 3.20. The molecule has 29 heavy (non-hydrogen) atoms. The zero-order valence-electron chi connectivity index (χ0n) is 15.8. The van der Waals surface area contributed by atoms with Crippen LogP contribution in [0.3, 0.4) is 0 Å². The molecule has 3 heterocycles. The molecule has 1 amide bonds. The third-order valence-corrected chi connectivity index (χ3v) is 6.98. The maximum atomic E-state index is 12.9. The van der Waals surface area contributed by atoms with E-state index in [-0.39, 0.29) is 17.9 Å². The fourth-order valence-corrected chi connectivity index (χ4v) is 4.92. The molecule has 0 saturated carbocycles. The summed E-state index contributed by atoms with van der Waals surface area (Å²) < 4.78 is 1.50. The first-order valence-electron chi connectivity index (χ1n) is 9.23. The Morgan fingerprint density at radius 1 is 1.34 bits per heavy atom. The first-order valence-corrected chi connectivity index (χ1v) is 11.5. The number of thiophene rings is 1. The van der Waals surface area contributed by atoms with Crippen LogP contribution in [0.25, 0.3) is 10.2 Å². The number of rotatable bonds is 4. The highest BCUT2D eigenvalue weighted by Crippen LogP contribution is 2.26. The Balaban J connectivity index is 1.51. The lowest BCUT2D eigenvalue weighted by atomic mass is 10.2. The van der Waals surface area contributed by atoms with Gasteiger partial charge in [0.2, 0.25) is 5.91 Å². The van der Waals surface area contributed by atoms with Crippen LogP contribution < -0.4 is 5.56 Å². The van der Waals surface area contributed by atoms with Gasteiger partial charge in [0.25, 0.3) is 5.56 Å². The summed E-state index contributed by atoms with van der Waals surface area (Å²) >= 11 is 9.20. The van der Waals surface area contributed by atoms with Gasteiger partial charge in [-0.05, 0) is 42.5 Å². The van der Waals surface area contributed by atoms with Crippen LogP contribution in [0.15, 0.2) is 45.8 Å². The number of benzene rings is 1. The first-order chi connectivity index (χ1) is 14.0. The van der Waals surface area contributed by atoms with Crippen molar-refractivity contribution in [1.82, 2.24) is 14.5 Å². The second kappa shape index (κ2) is 8.69. The molecule has 150 valence electrons. The summed E-state index contributed by atoms with van der Waals surface area (Å²) in [5.74, 6) is 0.868. The standard InChI is InChI=1S/C20H19ClN4O2S2/c1-13-3-4-14(11-16(13)21)23-20-25(7-2-9-29-20)17(26)5-8-24-12-22-18-15(19(24)27)6-10-28-18/h3-4,6,10-12H,2,5,7-9H2,1H3. The van der Waals surface area contributed by atoms with Crippen LogP contribution >= 0.6 is 34.7 Å². The Bertz CT molecular complexity index is 1150. The normalized spacial score (nSPS) is 15.9. The second-order valence-corrected chi connectivity index (χ2v) is 9.07. The van der Waals surface area contributed by atoms with Gasteiger partial charge >= 0.3 is 0 Å². The van der Waals surface area contributed by atoms with E-state index < -0.39 is 0 Å². The summed E-state index contributed by atoms with van der Waals surface area (Å²) in [5.41, 5.74) is 1.60. The topological polar surface area (TPSA) is 67.6 Å². The second-order valence-electron chi connectivity index (χ2n) is 6.71. The molecule has 1 fully saturated rings. The number of hydrogen-bond donors (Lipinski definition) is 0. The smallest absolute Gasteiger partial charge is 0.262 e. The fourth-order valence-electron chi connectivity index (χ4n) is 3.05. The molecule has 0 radical (unpaired) electrons. The minimum atomic E-state index is -0.111. The summed E-state index contributed by atoms with van der Waals surface area (Å²) in [6.07, 6.45) is 2.64. The largest absolute Gasteiger partial charge is 0.298 e. The van der Waals surface area contributed by atoms with Crippen LogP contribution in [0, 0.1) is 6.92 Å². The van der Waals surface area contributed by atoms with E-state index in [9.17, 15) is 9.59 Å². The van der Waals surface area contributed by atoms with E-state index in [2.05, 4.69) is 9.98 Å². The lowest BCUT2D eigenvalue weighted by Crippen LogP contribution is -2.40. The van der Waals surface area contributed by atoms with Gasteiger partial charge in [-0.25, -0.2) is 9.98 Å². The number of carbonyl (C=O) groups is 1. The molecule has 1 aliphatic rings. The minimum Gasteiger partial charge on any atom is -0.298 e. The van der Waals surface area contributed by atoms with E-state index in [0.29, 0.717) is 28.7 Å². The number of hydrogen-bond acceptors (Lipinski definition) is 6. The van der Waals surface area contributed by atoms with Crippen molar-refractivity contribution in [1.29, 1.82) is 0 Å². The average molecular weight is 447 g/mol. The summed E-state index contributed by atoms with van der Waals surface area (Å²) in [5, 5.41) is 3.78. The monoisotopic (exact) mass is 446 g/mol. The number of aliphatic imine (C=N–C) groups is 1. The number of carbonyl (C=O) groups excluding carboxylic acids is 1. The van der Waals surface area contributed by atoms with Crippen LogP contribution in [0.4, 0.5) is 5.69 Å². The predicted molar refractivity (Wildman–Crippen MR) is 121 cm³/mol. The number of amides is 1. The zero-order chi connectivity index (χ0) is 20.4. The van der Waals surface area contributed by atoms with Gasteiger partial charge in [-0.2, -0.15) is 0 Å². The Morgan fingerprint density at radius 3 is 3.03 bits per heavy atom. The summed E-state index contributed by atoms with van der Waals surface area (Å²) in [6.45, 7) is 2.86. The molecule has 0 unspecified atom stereocenters. The molecule has 1 saturated heterocycles.